The van der Waals surface area contributed by atoms with Crippen LogP contribution in [0.3, 0.4) is 0 Å². The van der Waals surface area contributed by atoms with E-state index in [0.29, 0.717) is 19.0 Å². The van der Waals surface area contributed by atoms with Crippen molar-refractivity contribution in [1.82, 2.24) is 24.3 Å². The van der Waals surface area contributed by atoms with Crippen LogP contribution in [0.4, 0.5) is 0 Å². The van der Waals surface area contributed by atoms with Gasteiger partial charge in [-0.25, -0.2) is 14.6 Å². The normalized spacial score (nSPS) is 11.6. The van der Waals surface area contributed by atoms with Crippen LogP contribution in [0.25, 0.3) is 11.0 Å². The molecule has 2 heterocycles. The molecule has 0 radical (unpaired) electrons. The van der Waals surface area contributed by atoms with Gasteiger partial charge in [0.25, 0.3) is 0 Å². The lowest BCUT2D eigenvalue weighted by atomic mass is 10.2. The van der Waals surface area contributed by atoms with Crippen LogP contribution >= 0.6 is 0 Å². The van der Waals surface area contributed by atoms with Gasteiger partial charge in [-0.2, -0.15) is 5.10 Å². The maximum absolute atomic E-state index is 5.72. The second-order valence-electron chi connectivity index (χ2n) is 5.65. The summed E-state index contributed by atoms with van der Waals surface area (Å²) in [5, 5.41) is 4.17. The molecular weight excluding hydrogens is 264 g/mol. The summed E-state index contributed by atoms with van der Waals surface area (Å²) < 4.78 is 4.06. The lowest BCUT2D eigenvalue weighted by Crippen LogP contribution is -2.12. The van der Waals surface area contributed by atoms with Gasteiger partial charge in [0.1, 0.15) is 25.0 Å². The molecule has 0 aliphatic rings. The molecule has 2 N–H and O–H groups in total. The smallest absolute Gasteiger partial charge is 0.137 e. The van der Waals surface area contributed by atoms with Crippen LogP contribution in [0.2, 0.25) is 0 Å². The maximum atomic E-state index is 5.72. The summed E-state index contributed by atoms with van der Waals surface area (Å²) in [6.45, 7) is 6.51. The zero-order valence-electron chi connectivity index (χ0n) is 12.4. The molecule has 0 atom stereocenters. The van der Waals surface area contributed by atoms with Gasteiger partial charge in [-0.15, -0.1) is 0 Å². The highest BCUT2D eigenvalue weighted by atomic mass is 15.3. The standard InChI is InChI=1S/C15H20N6/c1-11(2)7-21-14-4-3-12(6-16)5-13(14)19-15(21)8-20-10-17-9-18-20/h3-5,9-11H,6-8,16H2,1-2H3. The first-order valence-electron chi connectivity index (χ1n) is 7.18. The average molecular weight is 284 g/mol. The van der Waals surface area contributed by atoms with Crippen molar-refractivity contribution in [2.24, 2.45) is 11.7 Å². The Bertz CT molecular complexity index is 726. The predicted octanol–water partition coefficient (Wildman–Crippen LogP) is 1.79. The SMILES string of the molecule is CC(C)Cn1c(Cn2cncn2)nc2cc(CN)ccc21. The van der Waals surface area contributed by atoms with Gasteiger partial charge in [0.05, 0.1) is 11.0 Å². The first-order chi connectivity index (χ1) is 10.2. The average Bonchev–Trinajstić information content (AvgIpc) is 3.07. The van der Waals surface area contributed by atoms with Crippen molar-refractivity contribution in [1.29, 1.82) is 0 Å². The van der Waals surface area contributed by atoms with E-state index in [1.165, 1.54) is 0 Å². The molecule has 0 aliphatic heterocycles. The van der Waals surface area contributed by atoms with Crippen LogP contribution in [0, 0.1) is 5.92 Å². The number of imidazole rings is 1. The van der Waals surface area contributed by atoms with Crippen molar-refractivity contribution in [3.63, 3.8) is 0 Å². The first-order valence-corrected chi connectivity index (χ1v) is 7.18. The molecule has 3 aromatic rings. The van der Waals surface area contributed by atoms with E-state index in [1.807, 2.05) is 0 Å². The zero-order chi connectivity index (χ0) is 14.8. The van der Waals surface area contributed by atoms with E-state index in [1.54, 1.807) is 17.3 Å². The minimum Gasteiger partial charge on any atom is -0.326 e. The fourth-order valence-corrected chi connectivity index (χ4v) is 2.50. The van der Waals surface area contributed by atoms with Crippen LogP contribution in [-0.4, -0.2) is 24.3 Å². The van der Waals surface area contributed by atoms with Crippen LogP contribution in [0.1, 0.15) is 25.2 Å². The first kappa shape index (κ1) is 13.8. The number of nitrogens with two attached hydrogens (primary N) is 1. The third-order valence-corrected chi connectivity index (χ3v) is 3.45. The van der Waals surface area contributed by atoms with Crippen molar-refractivity contribution in [2.45, 2.75) is 33.5 Å². The summed E-state index contributed by atoms with van der Waals surface area (Å²) >= 11 is 0. The fraction of sp³-hybridized carbons (Fsp3) is 0.400. The monoisotopic (exact) mass is 284 g/mol. The predicted molar refractivity (Wildman–Crippen MR) is 81.6 cm³/mol. The lowest BCUT2D eigenvalue weighted by molar-refractivity contribution is 0.503. The van der Waals surface area contributed by atoms with Gasteiger partial charge < -0.3 is 10.3 Å². The Balaban J connectivity index is 2.07. The van der Waals surface area contributed by atoms with E-state index in [2.05, 4.69) is 46.7 Å². The summed E-state index contributed by atoms with van der Waals surface area (Å²) in [7, 11) is 0. The Labute approximate surface area is 123 Å². The van der Waals surface area contributed by atoms with Gasteiger partial charge in [0.15, 0.2) is 0 Å². The highest BCUT2D eigenvalue weighted by molar-refractivity contribution is 5.77. The molecule has 0 unspecified atom stereocenters. The maximum Gasteiger partial charge on any atom is 0.137 e. The largest absolute Gasteiger partial charge is 0.326 e. The molecule has 6 nitrogen and oxygen atoms in total. The van der Waals surface area contributed by atoms with Gasteiger partial charge in [-0.05, 0) is 23.6 Å². The summed E-state index contributed by atoms with van der Waals surface area (Å²) in [4.78, 5) is 8.76. The Hall–Kier alpha value is -2.21. The molecule has 0 bridgehead atoms. The molecule has 110 valence electrons. The highest BCUT2D eigenvalue weighted by Crippen LogP contribution is 2.20. The second-order valence-corrected chi connectivity index (χ2v) is 5.65. The van der Waals surface area contributed by atoms with Gasteiger partial charge in [0.2, 0.25) is 0 Å². The van der Waals surface area contributed by atoms with E-state index >= 15 is 0 Å². The molecule has 3 rings (SSSR count). The molecule has 0 saturated carbocycles. The minimum absolute atomic E-state index is 0.533. The van der Waals surface area contributed by atoms with E-state index < -0.39 is 0 Å². The summed E-state index contributed by atoms with van der Waals surface area (Å²) in [5.74, 6) is 1.55. The topological polar surface area (TPSA) is 74.5 Å². The van der Waals surface area contributed by atoms with Crippen LogP contribution in [0.5, 0.6) is 0 Å². The van der Waals surface area contributed by atoms with Gasteiger partial charge in [0, 0.05) is 13.1 Å². The minimum atomic E-state index is 0.533. The van der Waals surface area contributed by atoms with Crippen molar-refractivity contribution < 1.29 is 0 Å². The number of hydrogen-bond acceptors (Lipinski definition) is 4. The second kappa shape index (κ2) is 5.65. The third kappa shape index (κ3) is 2.80. The number of rotatable bonds is 5. The Morgan fingerprint density at radius 3 is 2.81 bits per heavy atom. The number of hydrogen-bond donors (Lipinski definition) is 1. The van der Waals surface area contributed by atoms with Gasteiger partial charge >= 0.3 is 0 Å². The lowest BCUT2D eigenvalue weighted by Gasteiger charge is -2.11. The molecule has 0 amide bonds. The highest BCUT2D eigenvalue weighted by Gasteiger charge is 2.13. The molecular formula is C15H20N6. The fourth-order valence-electron chi connectivity index (χ4n) is 2.50. The van der Waals surface area contributed by atoms with E-state index in [-0.39, 0.29) is 0 Å². The van der Waals surface area contributed by atoms with Gasteiger partial charge in [-0.1, -0.05) is 19.9 Å². The van der Waals surface area contributed by atoms with Crippen molar-refractivity contribution in [3.05, 3.63) is 42.2 Å². The number of fused-ring (bicyclic) bond motifs is 1. The molecule has 1 aromatic carbocycles. The molecule has 0 fully saturated rings. The van der Waals surface area contributed by atoms with Crippen LogP contribution in [0.15, 0.2) is 30.9 Å². The van der Waals surface area contributed by atoms with Crippen molar-refractivity contribution >= 4 is 11.0 Å². The van der Waals surface area contributed by atoms with E-state index in [4.69, 9.17) is 10.7 Å². The summed E-state index contributed by atoms with van der Waals surface area (Å²) in [5.41, 5.74) is 8.96. The third-order valence-electron chi connectivity index (χ3n) is 3.45. The molecule has 2 aromatic heterocycles. The number of nitrogens with zero attached hydrogens (tertiary/aromatic N) is 5. The van der Waals surface area contributed by atoms with Crippen LogP contribution in [-0.2, 0) is 19.6 Å². The van der Waals surface area contributed by atoms with Crippen molar-refractivity contribution in [2.75, 3.05) is 0 Å². The molecule has 0 spiro atoms. The van der Waals surface area contributed by atoms with Crippen LogP contribution < -0.4 is 5.73 Å². The molecule has 0 saturated heterocycles. The van der Waals surface area contributed by atoms with Crippen molar-refractivity contribution in [3.8, 4) is 0 Å². The van der Waals surface area contributed by atoms with E-state index in [0.717, 1.165) is 29.0 Å². The zero-order valence-corrected chi connectivity index (χ0v) is 12.4. The Kier molecular flexibility index (Phi) is 3.70. The number of benzene rings is 1. The summed E-state index contributed by atoms with van der Waals surface area (Å²) in [6, 6.07) is 6.24. The Morgan fingerprint density at radius 1 is 1.29 bits per heavy atom. The number of aromatic nitrogens is 5. The Morgan fingerprint density at radius 2 is 2.14 bits per heavy atom. The van der Waals surface area contributed by atoms with Gasteiger partial charge in [-0.3, -0.25) is 0 Å². The van der Waals surface area contributed by atoms with E-state index in [9.17, 15) is 0 Å². The quantitative estimate of drug-likeness (QED) is 0.775. The summed E-state index contributed by atoms with van der Waals surface area (Å²) in [6.07, 6.45) is 3.26. The molecule has 6 heteroatoms. The molecule has 21 heavy (non-hydrogen) atoms. The molecule has 0 aliphatic carbocycles.